The summed E-state index contributed by atoms with van der Waals surface area (Å²) in [5.41, 5.74) is 0.956. The van der Waals surface area contributed by atoms with Gasteiger partial charge in [0.15, 0.2) is 11.1 Å². The Bertz CT molecular complexity index is 1290. The Balaban J connectivity index is 1.35. The van der Waals surface area contributed by atoms with E-state index in [1.54, 1.807) is 44.5 Å². The molecule has 0 saturated carbocycles. The zero-order valence-corrected chi connectivity index (χ0v) is 20.2. The zero-order valence-electron chi connectivity index (χ0n) is 19.4. The van der Waals surface area contributed by atoms with E-state index in [9.17, 15) is 17.6 Å². The number of carbonyl (C=O) groups excluding carboxylic acids is 1. The van der Waals surface area contributed by atoms with Gasteiger partial charge in [-0.25, -0.2) is 17.8 Å². The number of aromatic nitrogens is 4. The number of piperidine rings is 1. The van der Waals surface area contributed by atoms with Crippen LogP contribution in [0.4, 0.5) is 4.39 Å². The first-order valence-corrected chi connectivity index (χ1v) is 12.3. The second-order valence-corrected chi connectivity index (χ2v) is 10.3. The van der Waals surface area contributed by atoms with Crippen molar-refractivity contribution >= 4 is 16.0 Å². The van der Waals surface area contributed by atoms with Crippen LogP contribution in [0, 0.1) is 25.6 Å². The van der Waals surface area contributed by atoms with Crippen molar-refractivity contribution in [2.24, 2.45) is 13.0 Å². The lowest BCUT2D eigenvalue weighted by molar-refractivity contribution is -0.156. The van der Waals surface area contributed by atoms with E-state index in [-0.39, 0.29) is 35.6 Å². The van der Waals surface area contributed by atoms with Gasteiger partial charge in [0, 0.05) is 31.9 Å². The van der Waals surface area contributed by atoms with Crippen LogP contribution in [0.3, 0.4) is 0 Å². The van der Waals surface area contributed by atoms with Gasteiger partial charge in [-0.2, -0.15) is 9.29 Å². The van der Waals surface area contributed by atoms with Gasteiger partial charge < -0.3 is 13.8 Å². The lowest BCUT2D eigenvalue weighted by atomic mass is 9.98. The van der Waals surface area contributed by atoms with Gasteiger partial charge in [-0.15, -0.1) is 0 Å². The first-order valence-electron chi connectivity index (χ1n) is 10.9. The molecule has 3 heterocycles. The molecule has 182 valence electrons. The molecule has 0 radical (unpaired) electrons. The standard InChI is InChI=1S/C22H26FN5O5S/c1-13-5-6-17(11-18(13)23)20-25-21(33-26-20)14(2)32-22(29)16-7-9-28(10-8-16)34(30,31)19-12-27(4)15(3)24-19/h5-6,11-12,14,16H,7-10H2,1-4H3. The highest BCUT2D eigenvalue weighted by Crippen LogP contribution is 2.27. The van der Waals surface area contributed by atoms with E-state index in [4.69, 9.17) is 9.26 Å². The van der Waals surface area contributed by atoms with E-state index in [1.807, 2.05) is 0 Å². The molecule has 10 nitrogen and oxygen atoms in total. The smallest absolute Gasteiger partial charge is 0.309 e. The largest absolute Gasteiger partial charge is 0.452 e. The van der Waals surface area contributed by atoms with E-state index in [2.05, 4.69) is 15.1 Å². The number of esters is 1. The van der Waals surface area contributed by atoms with Gasteiger partial charge in [0.1, 0.15) is 11.6 Å². The number of nitrogens with zero attached hydrogens (tertiary/aromatic N) is 5. The highest BCUT2D eigenvalue weighted by atomic mass is 32.2. The van der Waals surface area contributed by atoms with Crippen LogP contribution in [0.15, 0.2) is 33.9 Å². The molecule has 34 heavy (non-hydrogen) atoms. The number of rotatable bonds is 6. The average molecular weight is 492 g/mol. The predicted octanol–water partition coefficient (Wildman–Crippen LogP) is 2.93. The fourth-order valence-electron chi connectivity index (χ4n) is 3.69. The second-order valence-electron chi connectivity index (χ2n) is 8.41. The topological polar surface area (TPSA) is 120 Å². The summed E-state index contributed by atoms with van der Waals surface area (Å²) >= 11 is 0. The molecular weight excluding hydrogens is 465 g/mol. The maximum absolute atomic E-state index is 13.8. The molecule has 0 amide bonds. The number of benzene rings is 1. The van der Waals surface area contributed by atoms with E-state index in [0.29, 0.717) is 29.8 Å². The summed E-state index contributed by atoms with van der Waals surface area (Å²) in [5.74, 6) is -0.403. The third-order valence-electron chi connectivity index (χ3n) is 5.99. The van der Waals surface area contributed by atoms with Crippen LogP contribution in [-0.2, 0) is 26.6 Å². The van der Waals surface area contributed by atoms with Gasteiger partial charge in [0.2, 0.25) is 5.82 Å². The third-order valence-corrected chi connectivity index (χ3v) is 7.76. The number of sulfonamides is 1. The minimum absolute atomic E-state index is 0.00260. The average Bonchev–Trinajstić information content (AvgIpc) is 3.43. The van der Waals surface area contributed by atoms with Gasteiger partial charge >= 0.3 is 5.97 Å². The minimum atomic E-state index is -3.72. The molecular formula is C22H26FN5O5S. The Morgan fingerprint density at radius 1 is 1.24 bits per heavy atom. The fourth-order valence-corrected chi connectivity index (χ4v) is 5.18. The fraction of sp³-hybridized carbons (Fsp3) is 0.455. The number of hydrogen-bond donors (Lipinski definition) is 0. The highest BCUT2D eigenvalue weighted by Gasteiger charge is 2.35. The molecule has 3 aromatic rings. The van der Waals surface area contributed by atoms with Crippen LogP contribution in [0.2, 0.25) is 0 Å². The van der Waals surface area contributed by atoms with Gasteiger partial charge in [0.25, 0.3) is 15.9 Å². The van der Waals surface area contributed by atoms with Crippen molar-refractivity contribution in [3.05, 3.63) is 47.5 Å². The summed E-state index contributed by atoms with van der Waals surface area (Å²) in [5, 5.41) is 3.85. The van der Waals surface area contributed by atoms with E-state index < -0.39 is 28.0 Å². The maximum Gasteiger partial charge on any atom is 0.309 e. The normalized spacial score (nSPS) is 16.5. The SMILES string of the molecule is Cc1ccc(-c2noc(C(C)OC(=O)C3CCN(S(=O)(=O)c4cn(C)c(C)n4)CC3)n2)cc1F. The summed E-state index contributed by atoms with van der Waals surface area (Å²) in [4.78, 5) is 21.0. The molecule has 1 atom stereocenters. The Hall–Kier alpha value is -3.12. The van der Waals surface area contributed by atoms with Crippen LogP contribution in [-0.4, -0.2) is 51.5 Å². The highest BCUT2D eigenvalue weighted by molar-refractivity contribution is 7.89. The molecule has 0 N–H and O–H groups in total. The Morgan fingerprint density at radius 3 is 2.56 bits per heavy atom. The van der Waals surface area contributed by atoms with Gasteiger partial charge in [-0.1, -0.05) is 17.3 Å². The molecule has 1 fully saturated rings. The first-order chi connectivity index (χ1) is 16.1. The van der Waals surface area contributed by atoms with E-state index >= 15 is 0 Å². The number of halogens is 1. The molecule has 0 bridgehead atoms. The van der Waals surface area contributed by atoms with Crippen LogP contribution in [0.25, 0.3) is 11.4 Å². The Morgan fingerprint density at radius 2 is 1.94 bits per heavy atom. The summed E-state index contributed by atoms with van der Waals surface area (Å²) in [6, 6.07) is 4.61. The third kappa shape index (κ3) is 4.73. The van der Waals surface area contributed by atoms with Gasteiger partial charge in [0.05, 0.1) is 5.92 Å². The lowest BCUT2D eigenvalue weighted by Crippen LogP contribution is -2.40. The molecule has 0 aliphatic carbocycles. The zero-order chi connectivity index (χ0) is 24.6. The summed E-state index contributed by atoms with van der Waals surface area (Å²) in [6.07, 6.45) is 1.33. The van der Waals surface area contributed by atoms with Crippen molar-refractivity contribution in [3.8, 4) is 11.4 Å². The van der Waals surface area contributed by atoms with E-state index in [0.717, 1.165) is 0 Å². The van der Waals surface area contributed by atoms with Gasteiger partial charge in [-0.05, 0) is 45.2 Å². The lowest BCUT2D eigenvalue weighted by Gasteiger charge is -2.29. The molecule has 1 saturated heterocycles. The minimum Gasteiger partial charge on any atom is -0.452 e. The number of ether oxygens (including phenoxy) is 1. The molecule has 1 aliphatic rings. The summed E-state index contributed by atoms with van der Waals surface area (Å²) < 4.78 is 53.2. The van der Waals surface area contributed by atoms with Crippen molar-refractivity contribution in [1.29, 1.82) is 0 Å². The monoisotopic (exact) mass is 491 g/mol. The second kappa shape index (κ2) is 9.26. The molecule has 2 aromatic heterocycles. The van der Waals surface area contributed by atoms with Crippen molar-refractivity contribution < 1.29 is 26.9 Å². The van der Waals surface area contributed by atoms with Crippen LogP contribution in [0.5, 0.6) is 0 Å². The van der Waals surface area contributed by atoms with Crippen molar-refractivity contribution in [2.75, 3.05) is 13.1 Å². The van der Waals surface area contributed by atoms with Crippen LogP contribution < -0.4 is 0 Å². The van der Waals surface area contributed by atoms with Crippen molar-refractivity contribution in [1.82, 2.24) is 24.0 Å². The summed E-state index contributed by atoms with van der Waals surface area (Å²) in [6.45, 7) is 5.37. The van der Waals surface area contributed by atoms with E-state index in [1.165, 1.54) is 16.6 Å². The summed E-state index contributed by atoms with van der Waals surface area (Å²) in [7, 11) is -1.99. The molecule has 1 aliphatic heterocycles. The maximum atomic E-state index is 13.8. The van der Waals surface area contributed by atoms with Gasteiger partial charge in [-0.3, -0.25) is 4.79 Å². The molecule has 1 unspecified atom stereocenters. The Labute approximate surface area is 196 Å². The van der Waals surface area contributed by atoms with Crippen LogP contribution >= 0.6 is 0 Å². The molecule has 4 rings (SSSR count). The van der Waals surface area contributed by atoms with Crippen LogP contribution in [0.1, 0.15) is 43.1 Å². The number of aryl methyl sites for hydroxylation is 3. The quantitative estimate of drug-likeness (QED) is 0.483. The number of carbonyl (C=O) groups is 1. The molecule has 1 aromatic carbocycles. The predicted molar refractivity (Wildman–Crippen MR) is 118 cm³/mol. The van der Waals surface area contributed by atoms with Crippen molar-refractivity contribution in [3.63, 3.8) is 0 Å². The molecule has 0 spiro atoms. The number of hydrogen-bond acceptors (Lipinski definition) is 8. The van der Waals surface area contributed by atoms with Crippen molar-refractivity contribution in [2.45, 2.75) is 44.7 Å². The molecule has 12 heteroatoms. The number of imidazole rings is 1. The Kier molecular flexibility index (Phi) is 6.54. The first kappa shape index (κ1) is 24.0.